The van der Waals surface area contributed by atoms with Gasteiger partial charge in [-0.3, -0.25) is 4.90 Å². The predicted octanol–water partition coefficient (Wildman–Crippen LogP) is 4.02. The molecule has 0 radical (unpaired) electrons. The fraction of sp³-hybridized carbons (Fsp3) is 0.316. The fourth-order valence-electron chi connectivity index (χ4n) is 3.60. The van der Waals surface area contributed by atoms with E-state index in [0.29, 0.717) is 11.7 Å². The van der Waals surface area contributed by atoms with Crippen LogP contribution in [0.4, 0.5) is 5.69 Å². The second-order valence-corrected chi connectivity index (χ2v) is 6.65. The Bertz CT molecular complexity index is 780. The van der Waals surface area contributed by atoms with Crippen LogP contribution < -0.4 is 19.7 Å². The number of fused-ring (bicyclic) bond motifs is 4. The molecule has 2 bridgehead atoms. The first-order chi connectivity index (χ1) is 11.6. The molecular weight excluding hydrogens is 320 g/mol. The van der Waals surface area contributed by atoms with E-state index in [1.54, 1.807) is 0 Å². The van der Waals surface area contributed by atoms with Gasteiger partial charge in [-0.05, 0) is 44.3 Å². The van der Waals surface area contributed by atoms with E-state index in [-0.39, 0.29) is 6.04 Å². The highest BCUT2D eigenvalue weighted by Gasteiger charge is 2.49. The normalized spacial score (nSPS) is 24.7. The third-order valence-electron chi connectivity index (χ3n) is 4.58. The van der Waals surface area contributed by atoms with Crippen LogP contribution in [-0.4, -0.2) is 17.4 Å². The first kappa shape index (κ1) is 15.3. The van der Waals surface area contributed by atoms with Crippen molar-refractivity contribution in [2.45, 2.75) is 32.0 Å². The first-order valence-corrected chi connectivity index (χ1v) is 8.64. The van der Waals surface area contributed by atoms with E-state index in [1.165, 1.54) is 0 Å². The van der Waals surface area contributed by atoms with Gasteiger partial charge in [0.2, 0.25) is 0 Å². The number of nitrogens with zero attached hydrogens (tertiary/aromatic N) is 1. The van der Waals surface area contributed by atoms with E-state index in [0.717, 1.165) is 29.2 Å². The standard InChI is InChI=1S/C19H20N2O2S/c1-3-22-16-11-7-10-14-15-12-19(2,23-17(14)16)21(18(24)20-15)13-8-5-4-6-9-13/h4-11,15H,3,12H2,1-2H3,(H,20,24)/t15-,19-/m0/s1. The summed E-state index contributed by atoms with van der Waals surface area (Å²) in [6.45, 7) is 4.68. The van der Waals surface area contributed by atoms with Gasteiger partial charge < -0.3 is 14.8 Å². The molecule has 124 valence electrons. The number of nitrogens with one attached hydrogen (secondary N) is 1. The van der Waals surface area contributed by atoms with Gasteiger partial charge in [0, 0.05) is 17.7 Å². The quantitative estimate of drug-likeness (QED) is 0.854. The highest BCUT2D eigenvalue weighted by Crippen LogP contribution is 2.49. The lowest BCUT2D eigenvalue weighted by atomic mass is 9.90. The van der Waals surface area contributed by atoms with Crippen LogP contribution in [0.3, 0.4) is 0 Å². The molecule has 1 saturated heterocycles. The summed E-state index contributed by atoms with van der Waals surface area (Å²) in [6, 6.07) is 16.3. The van der Waals surface area contributed by atoms with Crippen LogP contribution in [0.1, 0.15) is 31.9 Å². The number of thiocarbonyl (C=S) groups is 1. The molecule has 0 spiro atoms. The zero-order valence-electron chi connectivity index (χ0n) is 13.8. The summed E-state index contributed by atoms with van der Waals surface area (Å²) in [5, 5.41) is 4.16. The second kappa shape index (κ2) is 5.67. The average Bonchev–Trinajstić information content (AvgIpc) is 2.56. The lowest BCUT2D eigenvalue weighted by molar-refractivity contribution is 0.0457. The number of para-hydroxylation sites is 2. The molecular formula is C19H20N2O2S. The number of rotatable bonds is 3. The molecule has 2 aromatic rings. The van der Waals surface area contributed by atoms with E-state index in [2.05, 4.69) is 23.2 Å². The summed E-state index contributed by atoms with van der Waals surface area (Å²) < 4.78 is 12.3. The molecule has 5 heteroatoms. The molecule has 4 rings (SSSR count). The van der Waals surface area contributed by atoms with Crippen molar-refractivity contribution in [3.8, 4) is 11.5 Å². The molecule has 2 atom stereocenters. The van der Waals surface area contributed by atoms with Crippen LogP contribution in [-0.2, 0) is 0 Å². The molecule has 0 amide bonds. The van der Waals surface area contributed by atoms with Gasteiger partial charge in [-0.25, -0.2) is 0 Å². The topological polar surface area (TPSA) is 33.7 Å². The Morgan fingerprint density at radius 2 is 2.04 bits per heavy atom. The van der Waals surface area contributed by atoms with Gasteiger partial charge in [-0.1, -0.05) is 30.3 Å². The first-order valence-electron chi connectivity index (χ1n) is 8.23. The summed E-state index contributed by atoms with van der Waals surface area (Å²) in [5.41, 5.74) is 1.58. The molecule has 2 heterocycles. The molecule has 24 heavy (non-hydrogen) atoms. The molecule has 0 aliphatic carbocycles. The van der Waals surface area contributed by atoms with Crippen molar-refractivity contribution in [1.82, 2.24) is 5.32 Å². The van der Waals surface area contributed by atoms with Crippen LogP contribution in [0.25, 0.3) is 0 Å². The molecule has 2 aliphatic rings. The second-order valence-electron chi connectivity index (χ2n) is 6.26. The summed E-state index contributed by atoms with van der Waals surface area (Å²) in [4.78, 5) is 2.06. The zero-order valence-corrected chi connectivity index (χ0v) is 14.6. The SMILES string of the molecule is CCOc1cccc2c1O[C@@]1(C)C[C@@H]2NC(=S)N1c1ccccc1. The minimum Gasteiger partial charge on any atom is -0.490 e. The van der Waals surface area contributed by atoms with Gasteiger partial charge in [0.05, 0.1) is 12.6 Å². The Balaban J connectivity index is 1.81. The Kier molecular flexibility index (Phi) is 3.61. The molecule has 4 nitrogen and oxygen atoms in total. The molecule has 0 aromatic heterocycles. The van der Waals surface area contributed by atoms with Crippen LogP contribution in [0.5, 0.6) is 11.5 Å². The van der Waals surface area contributed by atoms with Crippen molar-refractivity contribution >= 4 is 23.0 Å². The third-order valence-corrected chi connectivity index (χ3v) is 4.88. The molecule has 2 aromatic carbocycles. The monoisotopic (exact) mass is 340 g/mol. The van der Waals surface area contributed by atoms with Crippen LogP contribution in [0.2, 0.25) is 0 Å². The summed E-state index contributed by atoms with van der Waals surface area (Å²) in [7, 11) is 0. The Hall–Kier alpha value is -2.27. The molecule has 1 N–H and O–H groups in total. The smallest absolute Gasteiger partial charge is 0.188 e. The van der Waals surface area contributed by atoms with Crippen LogP contribution in [0, 0.1) is 0 Å². The average molecular weight is 340 g/mol. The largest absolute Gasteiger partial charge is 0.490 e. The fourth-order valence-corrected chi connectivity index (χ4v) is 4.04. The van der Waals surface area contributed by atoms with Gasteiger partial charge in [-0.2, -0.15) is 0 Å². The van der Waals surface area contributed by atoms with Crippen molar-refractivity contribution in [3.05, 3.63) is 54.1 Å². The van der Waals surface area contributed by atoms with Gasteiger partial charge in [0.15, 0.2) is 22.3 Å². The van der Waals surface area contributed by atoms with E-state index >= 15 is 0 Å². The maximum Gasteiger partial charge on any atom is 0.188 e. The molecule has 1 fully saturated rings. The van der Waals surface area contributed by atoms with E-state index in [4.69, 9.17) is 21.7 Å². The number of anilines is 1. The van der Waals surface area contributed by atoms with E-state index < -0.39 is 5.72 Å². The van der Waals surface area contributed by atoms with E-state index in [1.807, 2.05) is 49.4 Å². The minimum atomic E-state index is -0.547. The van der Waals surface area contributed by atoms with Crippen molar-refractivity contribution in [2.24, 2.45) is 0 Å². The third kappa shape index (κ3) is 2.31. The Morgan fingerprint density at radius 3 is 2.79 bits per heavy atom. The molecule has 2 aliphatic heterocycles. The summed E-state index contributed by atoms with van der Waals surface area (Å²) in [5.74, 6) is 1.60. The highest BCUT2D eigenvalue weighted by atomic mass is 32.1. The number of ether oxygens (including phenoxy) is 2. The Morgan fingerprint density at radius 1 is 1.25 bits per heavy atom. The van der Waals surface area contributed by atoms with Crippen molar-refractivity contribution in [2.75, 3.05) is 11.5 Å². The van der Waals surface area contributed by atoms with E-state index in [9.17, 15) is 0 Å². The van der Waals surface area contributed by atoms with Gasteiger partial charge >= 0.3 is 0 Å². The van der Waals surface area contributed by atoms with Crippen LogP contribution in [0.15, 0.2) is 48.5 Å². The lowest BCUT2D eigenvalue weighted by Crippen LogP contribution is -2.65. The van der Waals surface area contributed by atoms with Gasteiger partial charge in [0.1, 0.15) is 0 Å². The van der Waals surface area contributed by atoms with Crippen molar-refractivity contribution < 1.29 is 9.47 Å². The van der Waals surface area contributed by atoms with Crippen LogP contribution >= 0.6 is 12.2 Å². The number of benzene rings is 2. The molecule has 0 saturated carbocycles. The predicted molar refractivity (Wildman–Crippen MR) is 98.7 cm³/mol. The highest BCUT2D eigenvalue weighted by molar-refractivity contribution is 7.80. The zero-order chi connectivity index (χ0) is 16.7. The minimum absolute atomic E-state index is 0.131. The molecule has 0 unspecified atom stereocenters. The van der Waals surface area contributed by atoms with Gasteiger partial charge in [-0.15, -0.1) is 0 Å². The maximum absolute atomic E-state index is 6.48. The number of hydrogen-bond donors (Lipinski definition) is 1. The maximum atomic E-state index is 6.48. The van der Waals surface area contributed by atoms with Crippen molar-refractivity contribution in [1.29, 1.82) is 0 Å². The Labute approximate surface area is 147 Å². The van der Waals surface area contributed by atoms with Crippen molar-refractivity contribution in [3.63, 3.8) is 0 Å². The van der Waals surface area contributed by atoms with Gasteiger partial charge in [0.25, 0.3) is 0 Å². The summed E-state index contributed by atoms with van der Waals surface area (Å²) in [6.07, 6.45) is 0.810. The summed E-state index contributed by atoms with van der Waals surface area (Å²) >= 11 is 5.65. The number of hydrogen-bond acceptors (Lipinski definition) is 3. The lowest BCUT2D eigenvalue weighted by Gasteiger charge is -2.52.